The Morgan fingerprint density at radius 2 is 1.93 bits per heavy atom. The Labute approximate surface area is 87.3 Å². The fraction of sp³-hybridized carbons (Fsp3) is 0.667. The summed E-state index contributed by atoms with van der Waals surface area (Å²) >= 11 is 0. The number of hydrogen-bond acceptors (Lipinski definition) is 2. The van der Waals surface area contributed by atoms with E-state index in [0.29, 0.717) is 6.61 Å². The van der Waals surface area contributed by atoms with Crippen molar-refractivity contribution in [1.82, 2.24) is 0 Å². The maximum absolute atomic E-state index is 11.4. The van der Waals surface area contributed by atoms with Crippen LogP contribution in [-0.4, -0.2) is 12.6 Å². The second kappa shape index (κ2) is 5.84. The van der Waals surface area contributed by atoms with E-state index in [0.717, 1.165) is 12.0 Å². The van der Waals surface area contributed by atoms with Crippen molar-refractivity contribution in [3.05, 3.63) is 18.1 Å². The van der Waals surface area contributed by atoms with Crippen LogP contribution in [0.1, 0.15) is 41.0 Å². The van der Waals surface area contributed by atoms with Crippen LogP contribution in [0.5, 0.6) is 0 Å². The molecule has 0 N–H and O–H groups in total. The largest absolute Gasteiger partial charge is 0.461 e. The summed E-state index contributed by atoms with van der Waals surface area (Å²) in [5, 5.41) is 0. The van der Waals surface area contributed by atoms with Crippen LogP contribution in [0.15, 0.2) is 11.6 Å². The highest BCUT2D eigenvalue weighted by Gasteiger charge is 2.22. The van der Waals surface area contributed by atoms with Gasteiger partial charge in [-0.3, -0.25) is 4.79 Å². The van der Waals surface area contributed by atoms with Gasteiger partial charge in [-0.2, -0.15) is 0 Å². The first-order valence-electron chi connectivity index (χ1n) is 5.07. The Balaban J connectivity index is 4.05. The Kier molecular flexibility index (Phi) is 5.51. The molecule has 0 amide bonds. The van der Waals surface area contributed by atoms with Crippen LogP contribution in [0, 0.1) is 11.8 Å². The first-order valence-corrected chi connectivity index (χ1v) is 5.07. The van der Waals surface area contributed by atoms with E-state index in [9.17, 15) is 4.79 Å². The standard InChI is InChI=1S/C12H21O2/c1-6-8-10(7-2)9-14-11(13)12(3,4)5/h7-8H,6,9H2,1-5H3. The number of rotatable bonds is 4. The SMILES string of the molecule is C[CH]C(=CCC)COC(=O)C(C)(C)C. The minimum Gasteiger partial charge on any atom is -0.461 e. The molecule has 0 bridgehead atoms. The monoisotopic (exact) mass is 197 g/mol. The average Bonchev–Trinajstić information content (AvgIpc) is 2.10. The van der Waals surface area contributed by atoms with Gasteiger partial charge in [-0.1, -0.05) is 19.9 Å². The molecule has 2 heteroatoms. The van der Waals surface area contributed by atoms with Crippen LogP contribution in [0.2, 0.25) is 0 Å². The first-order chi connectivity index (χ1) is 6.41. The third-order valence-corrected chi connectivity index (χ3v) is 1.82. The molecule has 0 aliphatic carbocycles. The smallest absolute Gasteiger partial charge is 0.311 e. The summed E-state index contributed by atoms with van der Waals surface area (Å²) in [6, 6.07) is 0. The maximum Gasteiger partial charge on any atom is 0.311 e. The highest BCUT2D eigenvalue weighted by atomic mass is 16.5. The molecule has 2 nitrogen and oxygen atoms in total. The second-order valence-corrected chi connectivity index (χ2v) is 4.30. The lowest BCUT2D eigenvalue weighted by molar-refractivity contribution is -0.151. The second-order valence-electron chi connectivity index (χ2n) is 4.30. The van der Waals surface area contributed by atoms with Gasteiger partial charge in [-0.15, -0.1) is 0 Å². The summed E-state index contributed by atoms with van der Waals surface area (Å²) in [6.07, 6.45) is 5.00. The zero-order valence-electron chi connectivity index (χ0n) is 9.89. The summed E-state index contributed by atoms with van der Waals surface area (Å²) in [4.78, 5) is 11.4. The van der Waals surface area contributed by atoms with Crippen LogP contribution in [-0.2, 0) is 9.53 Å². The normalized spacial score (nSPS) is 12.8. The molecule has 0 spiro atoms. The lowest BCUT2D eigenvalue weighted by Crippen LogP contribution is -2.23. The van der Waals surface area contributed by atoms with Crippen molar-refractivity contribution >= 4 is 5.97 Å². The van der Waals surface area contributed by atoms with Crippen molar-refractivity contribution < 1.29 is 9.53 Å². The number of esters is 1. The van der Waals surface area contributed by atoms with Gasteiger partial charge >= 0.3 is 5.97 Å². The maximum atomic E-state index is 11.4. The topological polar surface area (TPSA) is 26.3 Å². The molecule has 0 heterocycles. The molecule has 0 saturated carbocycles. The molecule has 0 aromatic rings. The molecule has 0 rings (SSSR count). The molecular weight excluding hydrogens is 176 g/mol. The summed E-state index contributed by atoms with van der Waals surface area (Å²) in [7, 11) is 0. The number of ether oxygens (including phenoxy) is 1. The van der Waals surface area contributed by atoms with E-state index in [1.165, 1.54) is 0 Å². The van der Waals surface area contributed by atoms with Gasteiger partial charge in [0.15, 0.2) is 0 Å². The van der Waals surface area contributed by atoms with Crippen molar-refractivity contribution in [2.45, 2.75) is 41.0 Å². The summed E-state index contributed by atoms with van der Waals surface area (Å²) < 4.78 is 5.17. The average molecular weight is 197 g/mol. The van der Waals surface area contributed by atoms with Crippen molar-refractivity contribution in [3.8, 4) is 0 Å². The van der Waals surface area contributed by atoms with E-state index >= 15 is 0 Å². The van der Waals surface area contributed by atoms with Crippen LogP contribution in [0.4, 0.5) is 0 Å². The minimum absolute atomic E-state index is 0.152. The minimum atomic E-state index is -0.412. The van der Waals surface area contributed by atoms with E-state index in [1.54, 1.807) is 0 Å². The molecule has 0 aliphatic rings. The van der Waals surface area contributed by atoms with Gasteiger partial charge in [-0.25, -0.2) is 0 Å². The van der Waals surface area contributed by atoms with Gasteiger partial charge in [0.2, 0.25) is 0 Å². The van der Waals surface area contributed by atoms with Crippen LogP contribution in [0.3, 0.4) is 0 Å². The van der Waals surface area contributed by atoms with E-state index in [1.807, 2.05) is 34.1 Å². The Morgan fingerprint density at radius 1 is 1.36 bits per heavy atom. The molecule has 0 aromatic heterocycles. The lowest BCUT2D eigenvalue weighted by atomic mass is 9.97. The van der Waals surface area contributed by atoms with E-state index < -0.39 is 5.41 Å². The molecule has 0 unspecified atom stereocenters. The predicted octanol–water partition coefficient (Wildman–Crippen LogP) is 3.14. The van der Waals surface area contributed by atoms with Crippen molar-refractivity contribution in [2.24, 2.45) is 5.41 Å². The highest BCUT2D eigenvalue weighted by molar-refractivity contribution is 5.75. The van der Waals surface area contributed by atoms with Gasteiger partial charge in [-0.05, 0) is 39.2 Å². The molecule has 81 valence electrons. The van der Waals surface area contributed by atoms with Crippen LogP contribution < -0.4 is 0 Å². The molecular formula is C12H21O2. The summed E-state index contributed by atoms with van der Waals surface area (Å²) in [5.41, 5.74) is 0.663. The third-order valence-electron chi connectivity index (χ3n) is 1.82. The van der Waals surface area contributed by atoms with Crippen LogP contribution in [0.25, 0.3) is 0 Å². The first kappa shape index (κ1) is 13.2. The molecule has 1 radical (unpaired) electrons. The molecule has 14 heavy (non-hydrogen) atoms. The van der Waals surface area contributed by atoms with Crippen LogP contribution >= 0.6 is 0 Å². The molecule has 0 saturated heterocycles. The molecule has 0 atom stereocenters. The van der Waals surface area contributed by atoms with Crippen molar-refractivity contribution in [3.63, 3.8) is 0 Å². The van der Waals surface area contributed by atoms with Gasteiger partial charge in [0.1, 0.15) is 6.61 Å². The number of carbonyl (C=O) groups excluding carboxylic acids is 1. The lowest BCUT2D eigenvalue weighted by Gasteiger charge is -2.17. The molecule has 0 fully saturated rings. The van der Waals surface area contributed by atoms with Gasteiger partial charge in [0.05, 0.1) is 5.41 Å². The quantitative estimate of drug-likeness (QED) is 0.647. The third kappa shape index (κ3) is 5.05. The van der Waals surface area contributed by atoms with Crippen molar-refractivity contribution in [2.75, 3.05) is 6.61 Å². The van der Waals surface area contributed by atoms with Crippen molar-refractivity contribution in [1.29, 1.82) is 0 Å². The predicted molar refractivity (Wildman–Crippen MR) is 58.8 cm³/mol. The van der Waals surface area contributed by atoms with E-state index in [2.05, 4.69) is 13.0 Å². The number of allylic oxidation sites excluding steroid dienone is 1. The fourth-order valence-corrected chi connectivity index (χ4v) is 0.888. The Morgan fingerprint density at radius 3 is 2.29 bits per heavy atom. The highest BCUT2D eigenvalue weighted by Crippen LogP contribution is 2.16. The summed E-state index contributed by atoms with van der Waals surface area (Å²) in [6.45, 7) is 9.97. The zero-order chi connectivity index (χ0) is 11.2. The van der Waals surface area contributed by atoms with E-state index in [4.69, 9.17) is 4.74 Å². The zero-order valence-corrected chi connectivity index (χ0v) is 9.89. The van der Waals surface area contributed by atoms with Gasteiger partial charge < -0.3 is 4.74 Å². The molecule has 0 aliphatic heterocycles. The fourth-order valence-electron chi connectivity index (χ4n) is 0.888. The van der Waals surface area contributed by atoms with E-state index in [-0.39, 0.29) is 5.97 Å². The molecule has 0 aromatic carbocycles. The Hall–Kier alpha value is -0.790. The number of carbonyl (C=O) groups is 1. The number of hydrogen-bond donors (Lipinski definition) is 0. The van der Waals surface area contributed by atoms with Gasteiger partial charge in [0, 0.05) is 0 Å². The van der Waals surface area contributed by atoms with Gasteiger partial charge in [0.25, 0.3) is 0 Å². The summed E-state index contributed by atoms with van der Waals surface area (Å²) in [5.74, 6) is -0.152. The Bertz CT molecular complexity index is 209.